The first-order valence-corrected chi connectivity index (χ1v) is 9.89. The van der Waals surface area contributed by atoms with Crippen molar-refractivity contribution in [2.24, 2.45) is 0 Å². The van der Waals surface area contributed by atoms with Crippen LogP contribution < -0.4 is 10.6 Å². The minimum absolute atomic E-state index is 0.257. The van der Waals surface area contributed by atoms with E-state index in [1.54, 1.807) is 29.0 Å². The van der Waals surface area contributed by atoms with E-state index in [9.17, 15) is 4.79 Å². The highest BCUT2D eigenvalue weighted by atomic mass is 32.1. The average Bonchev–Trinajstić information content (AvgIpc) is 3.45. The number of hydrogen-bond acceptors (Lipinski definition) is 7. The van der Waals surface area contributed by atoms with Crippen molar-refractivity contribution in [1.29, 1.82) is 0 Å². The zero-order valence-electron chi connectivity index (χ0n) is 15.3. The van der Waals surface area contributed by atoms with Crippen LogP contribution in [0.5, 0.6) is 0 Å². The zero-order chi connectivity index (χ0) is 20.2. The van der Waals surface area contributed by atoms with Gasteiger partial charge < -0.3 is 9.73 Å². The highest BCUT2D eigenvalue weighted by Crippen LogP contribution is 2.25. The molecule has 4 rings (SSSR count). The van der Waals surface area contributed by atoms with Gasteiger partial charge in [-0.1, -0.05) is 35.6 Å². The molecule has 0 saturated heterocycles. The Bertz CT molecular complexity index is 1180. The molecule has 0 atom stereocenters. The van der Waals surface area contributed by atoms with Gasteiger partial charge in [0, 0.05) is 18.2 Å². The van der Waals surface area contributed by atoms with Crippen LogP contribution in [-0.2, 0) is 11.3 Å². The number of amides is 1. The van der Waals surface area contributed by atoms with E-state index in [4.69, 9.17) is 16.6 Å². The second kappa shape index (κ2) is 8.33. The molecular formula is C19H16N6O2S2. The zero-order valence-corrected chi connectivity index (χ0v) is 17.0. The summed E-state index contributed by atoms with van der Waals surface area (Å²) in [6.07, 6.45) is 4.48. The molecule has 146 valence electrons. The van der Waals surface area contributed by atoms with Crippen molar-refractivity contribution in [3.63, 3.8) is 0 Å². The molecule has 0 radical (unpaired) electrons. The Balaban J connectivity index is 1.30. The first-order chi connectivity index (χ1) is 14.1. The molecule has 0 aliphatic heterocycles. The van der Waals surface area contributed by atoms with Gasteiger partial charge in [0.25, 0.3) is 0 Å². The molecule has 3 aromatic heterocycles. The van der Waals surface area contributed by atoms with Crippen LogP contribution in [0.4, 0.5) is 0 Å². The van der Waals surface area contributed by atoms with Crippen molar-refractivity contribution in [3.8, 4) is 10.6 Å². The fraction of sp³-hybridized carbons (Fsp3) is 0.105. The van der Waals surface area contributed by atoms with E-state index in [0.29, 0.717) is 12.3 Å². The Kier molecular flexibility index (Phi) is 5.45. The van der Waals surface area contributed by atoms with Crippen molar-refractivity contribution in [1.82, 2.24) is 30.4 Å². The molecule has 0 unspecified atom stereocenters. The summed E-state index contributed by atoms with van der Waals surface area (Å²) in [5.41, 5.74) is 2.03. The number of thiocarbonyl (C=S) groups is 1. The molecule has 1 aromatic carbocycles. The average molecular weight is 425 g/mol. The van der Waals surface area contributed by atoms with Gasteiger partial charge in [-0.05, 0) is 42.9 Å². The number of aryl methyl sites for hydroxylation is 1. The maximum Gasteiger partial charge on any atom is 0.250 e. The third kappa shape index (κ3) is 4.55. The normalized spacial score (nSPS) is 11.2. The summed E-state index contributed by atoms with van der Waals surface area (Å²) in [7, 11) is 0. The third-order valence-corrected chi connectivity index (χ3v) is 5.17. The van der Waals surface area contributed by atoms with E-state index >= 15 is 0 Å². The van der Waals surface area contributed by atoms with Gasteiger partial charge in [0.15, 0.2) is 10.9 Å². The Morgan fingerprint density at radius 3 is 2.83 bits per heavy atom. The van der Waals surface area contributed by atoms with Crippen LogP contribution in [0.25, 0.3) is 21.6 Å². The quantitative estimate of drug-likeness (QED) is 0.375. The van der Waals surface area contributed by atoms with Crippen molar-refractivity contribution in [2.45, 2.75) is 13.5 Å². The summed E-state index contributed by atoms with van der Waals surface area (Å²) in [4.78, 5) is 12.6. The number of hydrogen-bond donors (Lipinski definition) is 2. The number of carbonyl (C=O) groups is 1. The Hall–Kier alpha value is -3.37. The Morgan fingerprint density at radius 2 is 2.10 bits per heavy atom. The van der Waals surface area contributed by atoms with E-state index in [2.05, 4.69) is 25.9 Å². The number of rotatable bonds is 5. The summed E-state index contributed by atoms with van der Waals surface area (Å²) < 4.78 is 6.86. The molecule has 0 fully saturated rings. The topological polar surface area (TPSA) is 97.3 Å². The second-order valence-electron chi connectivity index (χ2n) is 6.07. The second-order valence-corrected chi connectivity index (χ2v) is 7.43. The predicted molar refractivity (Wildman–Crippen MR) is 114 cm³/mol. The highest BCUT2D eigenvalue weighted by Gasteiger charge is 2.10. The van der Waals surface area contributed by atoms with Crippen molar-refractivity contribution in [3.05, 3.63) is 65.9 Å². The molecule has 3 heterocycles. The Labute approximate surface area is 175 Å². The van der Waals surface area contributed by atoms with Crippen LogP contribution in [0.1, 0.15) is 17.1 Å². The highest BCUT2D eigenvalue weighted by molar-refractivity contribution is 7.80. The lowest BCUT2D eigenvalue weighted by atomic mass is 10.1. The standard InChI is InChI=1S/C19H16N6O2S2/c1-12-22-23-19-25(12)24-17(29-19)14-6-4-13(5-7-14)11-20-18(28)21-16(26)9-8-15-3-2-10-27-15/h2-10H,11H2,1H3,(H2,20,21,26,28)/b9-8+. The van der Waals surface area contributed by atoms with Crippen LogP contribution in [0, 0.1) is 6.92 Å². The van der Waals surface area contributed by atoms with E-state index in [1.165, 1.54) is 17.4 Å². The van der Waals surface area contributed by atoms with Crippen LogP contribution in [-0.4, -0.2) is 30.8 Å². The van der Waals surface area contributed by atoms with Gasteiger partial charge in [0.05, 0.1) is 6.26 Å². The van der Waals surface area contributed by atoms with Crippen LogP contribution in [0.3, 0.4) is 0 Å². The predicted octanol–water partition coefficient (Wildman–Crippen LogP) is 2.96. The van der Waals surface area contributed by atoms with Crippen molar-refractivity contribution in [2.75, 3.05) is 0 Å². The number of furan rings is 1. The molecule has 0 spiro atoms. The fourth-order valence-electron chi connectivity index (χ4n) is 2.52. The lowest BCUT2D eigenvalue weighted by Gasteiger charge is -2.08. The lowest BCUT2D eigenvalue weighted by Crippen LogP contribution is -2.37. The molecule has 0 aliphatic carbocycles. The molecule has 1 amide bonds. The van der Waals surface area contributed by atoms with Gasteiger partial charge in [-0.25, -0.2) is 0 Å². The van der Waals surface area contributed by atoms with Gasteiger partial charge in [0.1, 0.15) is 10.8 Å². The first kappa shape index (κ1) is 19.0. The van der Waals surface area contributed by atoms with E-state index < -0.39 is 0 Å². The molecule has 8 nitrogen and oxygen atoms in total. The Morgan fingerprint density at radius 1 is 1.28 bits per heavy atom. The number of nitrogens with zero attached hydrogens (tertiary/aromatic N) is 4. The summed E-state index contributed by atoms with van der Waals surface area (Å²) >= 11 is 6.65. The van der Waals surface area contributed by atoms with E-state index in [1.807, 2.05) is 31.2 Å². The lowest BCUT2D eigenvalue weighted by molar-refractivity contribution is -0.115. The SMILES string of the molecule is Cc1nnc2sc(-c3ccc(CNC(=S)NC(=O)/C=C/c4ccco4)cc3)nn12. The van der Waals surface area contributed by atoms with Gasteiger partial charge in [-0.2, -0.15) is 9.61 Å². The van der Waals surface area contributed by atoms with E-state index in [-0.39, 0.29) is 11.0 Å². The number of aromatic nitrogens is 4. The minimum Gasteiger partial charge on any atom is -0.465 e. The van der Waals surface area contributed by atoms with Crippen molar-refractivity contribution >= 4 is 45.6 Å². The van der Waals surface area contributed by atoms with E-state index in [0.717, 1.165) is 26.9 Å². The number of fused-ring (bicyclic) bond motifs is 1. The number of nitrogens with one attached hydrogen (secondary N) is 2. The van der Waals surface area contributed by atoms with Gasteiger partial charge in [-0.15, -0.1) is 10.2 Å². The smallest absolute Gasteiger partial charge is 0.250 e. The fourth-order valence-corrected chi connectivity index (χ4v) is 3.58. The first-order valence-electron chi connectivity index (χ1n) is 8.67. The van der Waals surface area contributed by atoms with Crippen LogP contribution in [0.2, 0.25) is 0 Å². The monoisotopic (exact) mass is 424 g/mol. The summed E-state index contributed by atoms with van der Waals surface area (Å²) in [6, 6.07) is 11.5. The minimum atomic E-state index is -0.326. The molecular weight excluding hydrogens is 408 g/mol. The molecule has 4 aromatic rings. The molecule has 29 heavy (non-hydrogen) atoms. The largest absolute Gasteiger partial charge is 0.465 e. The number of benzene rings is 1. The van der Waals surface area contributed by atoms with Gasteiger partial charge in [0.2, 0.25) is 10.9 Å². The maximum atomic E-state index is 11.9. The molecule has 0 aliphatic rings. The third-order valence-electron chi connectivity index (χ3n) is 3.98. The van der Waals surface area contributed by atoms with Gasteiger partial charge in [-0.3, -0.25) is 10.1 Å². The van der Waals surface area contributed by atoms with Crippen molar-refractivity contribution < 1.29 is 9.21 Å². The van der Waals surface area contributed by atoms with Crippen LogP contribution in [0.15, 0.2) is 53.2 Å². The number of carbonyl (C=O) groups excluding carboxylic acids is 1. The molecule has 2 N–H and O–H groups in total. The summed E-state index contributed by atoms with van der Waals surface area (Å²) in [5.74, 6) is 1.03. The van der Waals surface area contributed by atoms with Crippen LogP contribution >= 0.6 is 23.6 Å². The summed E-state index contributed by atoms with van der Waals surface area (Å²) in [6.45, 7) is 2.36. The summed E-state index contributed by atoms with van der Waals surface area (Å²) in [5, 5.41) is 19.3. The molecule has 10 heteroatoms. The van der Waals surface area contributed by atoms with Gasteiger partial charge >= 0.3 is 0 Å². The maximum absolute atomic E-state index is 11.9. The molecule has 0 bridgehead atoms. The molecule has 0 saturated carbocycles.